The molecule has 1 atom stereocenters. The lowest BCUT2D eigenvalue weighted by Crippen LogP contribution is -1.75. The van der Waals surface area contributed by atoms with Gasteiger partial charge in [0.05, 0.1) is 0 Å². The maximum Gasteiger partial charge on any atom is 0.00144 e. The molecule has 0 aromatic heterocycles. The first-order valence-corrected chi connectivity index (χ1v) is 5.32. The molecule has 0 bridgehead atoms. The number of fused-ring (bicyclic) bond motifs is 1. The summed E-state index contributed by atoms with van der Waals surface area (Å²) in [7, 11) is 0. The molecule has 0 aromatic rings. The first-order chi connectivity index (χ1) is 5.97. The van der Waals surface area contributed by atoms with Gasteiger partial charge < -0.3 is 0 Å². The monoisotopic (exact) mass is 162 g/mol. The summed E-state index contributed by atoms with van der Waals surface area (Å²) in [4.78, 5) is 0. The summed E-state index contributed by atoms with van der Waals surface area (Å²) < 4.78 is 0. The molecule has 0 amide bonds. The van der Waals surface area contributed by atoms with Gasteiger partial charge in [0, 0.05) is 5.92 Å². The van der Waals surface area contributed by atoms with Crippen molar-refractivity contribution in [1.82, 2.24) is 0 Å². The highest BCUT2D eigenvalue weighted by molar-refractivity contribution is 5.29. The topological polar surface area (TPSA) is 0 Å². The van der Waals surface area contributed by atoms with Crippen LogP contribution in [0.25, 0.3) is 0 Å². The van der Waals surface area contributed by atoms with E-state index in [1.165, 1.54) is 44.9 Å². The van der Waals surface area contributed by atoms with Crippen LogP contribution < -0.4 is 0 Å². The van der Waals surface area contributed by atoms with Gasteiger partial charge in [0.25, 0.3) is 0 Å². The minimum Gasteiger partial charge on any atom is -0.0879 e. The lowest BCUT2D eigenvalue weighted by Gasteiger charge is -1.95. The molecule has 0 heterocycles. The third-order valence-electron chi connectivity index (χ3n) is 2.87. The van der Waals surface area contributed by atoms with Gasteiger partial charge >= 0.3 is 0 Å². The normalized spacial score (nSPS) is 32.7. The van der Waals surface area contributed by atoms with E-state index in [2.05, 4.69) is 18.2 Å². The van der Waals surface area contributed by atoms with Crippen molar-refractivity contribution in [2.45, 2.75) is 44.9 Å². The van der Waals surface area contributed by atoms with Gasteiger partial charge in [-0.3, -0.25) is 0 Å². The SMILES string of the molecule is C1=C2CC2/C=C/CCCCCC1. The van der Waals surface area contributed by atoms with Gasteiger partial charge in [0.2, 0.25) is 0 Å². The van der Waals surface area contributed by atoms with Crippen LogP contribution >= 0.6 is 0 Å². The van der Waals surface area contributed by atoms with E-state index < -0.39 is 0 Å². The number of rotatable bonds is 0. The molecular weight excluding hydrogens is 144 g/mol. The lowest BCUT2D eigenvalue weighted by molar-refractivity contribution is 0.652. The van der Waals surface area contributed by atoms with E-state index in [0.717, 1.165) is 5.92 Å². The third kappa shape index (κ3) is 2.23. The largest absolute Gasteiger partial charge is 0.0879 e. The van der Waals surface area contributed by atoms with Crippen LogP contribution in [0.5, 0.6) is 0 Å². The van der Waals surface area contributed by atoms with Gasteiger partial charge in [0.1, 0.15) is 0 Å². The summed E-state index contributed by atoms with van der Waals surface area (Å²) in [6.45, 7) is 0. The molecular formula is C12H18. The fourth-order valence-electron chi connectivity index (χ4n) is 1.93. The molecule has 1 unspecified atom stereocenters. The molecule has 2 rings (SSSR count). The van der Waals surface area contributed by atoms with Crippen LogP contribution in [0.2, 0.25) is 0 Å². The Hall–Kier alpha value is -0.520. The Kier molecular flexibility index (Phi) is 2.65. The lowest BCUT2D eigenvalue weighted by atomic mass is 10.1. The Morgan fingerprint density at radius 1 is 1.00 bits per heavy atom. The van der Waals surface area contributed by atoms with Crippen molar-refractivity contribution in [3.8, 4) is 0 Å². The average Bonchev–Trinajstić information content (AvgIpc) is 2.78. The molecule has 1 fully saturated rings. The molecule has 0 saturated heterocycles. The molecule has 0 nitrogen and oxygen atoms in total. The average molecular weight is 162 g/mol. The molecule has 1 saturated carbocycles. The van der Waals surface area contributed by atoms with Gasteiger partial charge in [-0.05, 0) is 32.1 Å². The third-order valence-corrected chi connectivity index (χ3v) is 2.87. The molecule has 66 valence electrons. The molecule has 0 heteroatoms. The van der Waals surface area contributed by atoms with Crippen LogP contribution in [0, 0.1) is 5.92 Å². The van der Waals surface area contributed by atoms with Gasteiger partial charge in [-0.2, -0.15) is 0 Å². The summed E-state index contributed by atoms with van der Waals surface area (Å²) in [6.07, 6.45) is 16.9. The quantitative estimate of drug-likeness (QED) is 0.475. The zero-order valence-corrected chi connectivity index (χ0v) is 7.76. The van der Waals surface area contributed by atoms with Gasteiger partial charge in [-0.1, -0.05) is 36.6 Å². The van der Waals surface area contributed by atoms with E-state index in [1.54, 1.807) is 5.57 Å². The maximum atomic E-state index is 2.47. The number of hydrogen-bond acceptors (Lipinski definition) is 0. The smallest absolute Gasteiger partial charge is 0.00144 e. The summed E-state index contributed by atoms with van der Waals surface area (Å²) in [6, 6.07) is 0. The van der Waals surface area contributed by atoms with Crippen LogP contribution in [-0.4, -0.2) is 0 Å². The van der Waals surface area contributed by atoms with Crippen molar-refractivity contribution in [1.29, 1.82) is 0 Å². The highest BCUT2D eigenvalue weighted by Crippen LogP contribution is 2.39. The zero-order chi connectivity index (χ0) is 8.23. The molecule has 2 aliphatic carbocycles. The molecule has 0 N–H and O–H groups in total. The number of allylic oxidation sites excluding steroid dienone is 4. The standard InChI is InChI=1S/C12H18/c1-2-4-6-8-11-10-12(11)9-7-5-3-1/h6,8-9,11H,1-5,7,10H2/b8-6+,12-9?. The van der Waals surface area contributed by atoms with Crippen LogP contribution in [0.1, 0.15) is 44.9 Å². The second-order valence-electron chi connectivity index (χ2n) is 4.01. The fraction of sp³-hybridized carbons (Fsp3) is 0.667. The molecule has 2 aliphatic rings. The predicted molar refractivity (Wildman–Crippen MR) is 53.0 cm³/mol. The van der Waals surface area contributed by atoms with E-state index in [9.17, 15) is 0 Å². The van der Waals surface area contributed by atoms with Gasteiger partial charge in [0.15, 0.2) is 0 Å². The summed E-state index contributed by atoms with van der Waals surface area (Å²) in [5.74, 6) is 0.850. The first-order valence-electron chi connectivity index (χ1n) is 5.32. The Bertz CT molecular complexity index is 198. The maximum absolute atomic E-state index is 2.47. The van der Waals surface area contributed by atoms with E-state index in [0.29, 0.717) is 0 Å². The van der Waals surface area contributed by atoms with Crippen LogP contribution in [0.4, 0.5) is 0 Å². The second-order valence-corrected chi connectivity index (χ2v) is 4.01. The molecule has 0 radical (unpaired) electrons. The van der Waals surface area contributed by atoms with E-state index in [1.807, 2.05) is 0 Å². The fourth-order valence-corrected chi connectivity index (χ4v) is 1.93. The molecule has 0 spiro atoms. The molecule has 0 aliphatic heterocycles. The van der Waals surface area contributed by atoms with E-state index in [-0.39, 0.29) is 0 Å². The van der Waals surface area contributed by atoms with Crippen molar-refractivity contribution >= 4 is 0 Å². The van der Waals surface area contributed by atoms with Crippen molar-refractivity contribution in [3.63, 3.8) is 0 Å². The highest BCUT2D eigenvalue weighted by Gasteiger charge is 2.25. The minimum atomic E-state index is 0.850. The van der Waals surface area contributed by atoms with Crippen LogP contribution in [0.3, 0.4) is 0 Å². The summed E-state index contributed by atoms with van der Waals surface area (Å²) in [5, 5.41) is 0. The first kappa shape index (κ1) is 8.10. The van der Waals surface area contributed by atoms with Crippen LogP contribution in [-0.2, 0) is 0 Å². The van der Waals surface area contributed by atoms with Crippen LogP contribution in [0.15, 0.2) is 23.8 Å². The highest BCUT2D eigenvalue weighted by atomic mass is 14.3. The molecule has 0 aromatic carbocycles. The Morgan fingerprint density at radius 3 is 2.75 bits per heavy atom. The van der Waals surface area contributed by atoms with Crippen molar-refractivity contribution in [3.05, 3.63) is 23.8 Å². The summed E-state index contributed by atoms with van der Waals surface area (Å²) in [5.41, 5.74) is 1.70. The van der Waals surface area contributed by atoms with Crippen molar-refractivity contribution in [2.75, 3.05) is 0 Å². The van der Waals surface area contributed by atoms with Crippen molar-refractivity contribution < 1.29 is 0 Å². The molecule has 12 heavy (non-hydrogen) atoms. The second kappa shape index (κ2) is 3.93. The number of hydrogen-bond donors (Lipinski definition) is 0. The Morgan fingerprint density at radius 2 is 1.83 bits per heavy atom. The predicted octanol–water partition coefficient (Wildman–Crippen LogP) is 3.84. The summed E-state index contributed by atoms with van der Waals surface area (Å²) >= 11 is 0. The van der Waals surface area contributed by atoms with Gasteiger partial charge in [-0.15, -0.1) is 0 Å². The van der Waals surface area contributed by atoms with Gasteiger partial charge in [-0.25, -0.2) is 0 Å². The zero-order valence-electron chi connectivity index (χ0n) is 7.76. The minimum absolute atomic E-state index is 0.850. The van der Waals surface area contributed by atoms with E-state index >= 15 is 0 Å². The Labute approximate surface area is 75.4 Å². The Balaban J connectivity index is 1.88. The van der Waals surface area contributed by atoms with Crippen molar-refractivity contribution in [2.24, 2.45) is 5.92 Å². The van der Waals surface area contributed by atoms with E-state index in [4.69, 9.17) is 0 Å².